The van der Waals surface area contributed by atoms with Crippen LogP contribution in [0.5, 0.6) is 0 Å². The molecule has 0 aliphatic heterocycles. The smallest absolute Gasteiger partial charge is 0.388 e. The Balaban J connectivity index is 3.70. The van der Waals surface area contributed by atoms with E-state index in [9.17, 15) is 9.59 Å². The van der Waals surface area contributed by atoms with Gasteiger partial charge in [0.25, 0.3) is 0 Å². The molecular weight excluding hydrogens is 204 g/mol. The van der Waals surface area contributed by atoms with Gasteiger partial charge >= 0.3 is 11.3 Å². The van der Waals surface area contributed by atoms with Crippen LogP contribution in [0, 0.1) is 0 Å². The summed E-state index contributed by atoms with van der Waals surface area (Å²) in [5.74, 6) is 0. The second kappa shape index (κ2) is 5.74. The summed E-state index contributed by atoms with van der Waals surface area (Å²) in [5, 5.41) is 1.96. The summed E-state index contributed by atoms with van der Waals surface area (Å²) in [7, 11) is 0. The molecule has 0 spiro atoms. The predicted molar refractivity (Wildman–Crippen MR) is 56.0 cm³/mol. The molecule has 0 aromatic heterocycles. The summed E-state index contributed by atoms with van der Waals surface area (Å²) in [6.07, 6.45) is 0. The monoisotopic (exact) mass is 220 g/mol. The first-order chi connectivity index (χ1) is 6.35. The molecule has 0 aromatic carbocycles. The number of hydrogen-bond donors (Lipinski definition) is 2. The van der Waals surface area contributed by atoms with Crippen LogP contribution in [0.1, 0.15) is 27.7 Å². The summed E-state index contributed by atoms with van der Waals surface area (Å²) >= 11 is 0.628. The van der Waals surface area contributed by atoms with Gasteiger partial charge in [-0.25, -0.2) is 9.59 Å². The van der Waals surface area contributed by atoms with Crippen molar-refractivity contribution in [2.24, 2.45) is 0 Å². The molecule has 0 aliphatic carbocycles. The molecule has 14 heavy (non-hydrogen) atoms. The Morgan fingerprint density at radius 2 is 1.93 bits per heavy atom. The minimum absolute atomic E-state index is 0.400. The topological polar surface area (TPSA) is 67.4 Å². The zero-order chi connectivity index (χ0) is 11.2. The molecule has 0 atom stereocenters. The van der Waals surface area contributed by atoms with Crippen LogP contribution in [0.4, 0.5) is 9.59 Å². The third-order valence-corrected chi connectivity index (χ3v) is 1.49. The Morgan fingerprint density at radius 3 is 2.36 bits per heavy atom. The van der Waals surface area contributed by atoms with Gasteiger partial charge in [-0.1, -0.05) is 0 Å². The predicted octanol–water partition coefficient (Wildman–Crippen LogP) is 1.89. The molecule has 0 rings (SSSR count). The molecule has 0 saturated carbocycles. The highest BCUT2D eigenvalue weighted by Crippen LogP contribution is 2.12. The summed E-state index contributed by atoms with van der Waals surface area (Å²) in [6, 6.07) is -0.400. The molecule has 0 aliphatic rings. The molecule has 6 heteroatoms. The van der Waals surface area contributed by atoms with Gasteiger partial charge in [-0.2, -0.15) is 0 Å². The van der Waals surface area contributed by atoms with Crippen LogP contribution in [-0.2, 0) is 4.74 Å². The van der Waals surface area contributed by atoms with Gasteiger partial charge in [0.1, 0.15) is 5.60 Å². The van der Waals surface area contributed by atoms with E-state index in [4.69, 9.17) is 4.74 Å². The van der Waals surface area contributed by atoms with Crippen LogP contribution in [-0.4, -0.2) is 23.5 Å². The molecule has 0 saturated heterocycles. The summed E-state index contributed by atoms with van der Waals surface area (Å²) in [4.78, 5) is 21.9. The van der Waals surface area contributed by atoms with Gasteiger partial charge in [-0.05, 0) is 27.7 Å². The van der Waals surface area contributed by atoms with E-state index in [1.807, 2.05) is 0 Å². The van der Waals surface area contributed by atoms with E-state index in [1.165, 1.54) is 0 Å². The highest BCUT2D eigenvalue weighted by molar-refractivity contribution is 8.12. The molecule has 0 fully saturated rings. The summed E-state index contributed by atoms with van der Waals surface area (Å²) in [6.45, 7) is 7.59. The largest absolute Gasteiger partial charge is 0.451 e. The van der Waals surface area contributed by atoms with Crippen molar-refractivity contribution in [3.63, 3.8) is 0 Å². The molecule has 2 amide bonds. The average molecular weight is 220 g/mol. The van der Waals surface area contributed by atoms with Crippen molar-refractivity contribution in [1.29, 1.82) is 0 Å². The van der Waals surface area contributed by atoms with E-state index in [1.54, 1.807) is 27.7 Å². The fraction of sp³-hybridized carbons (Fsp3) is 0.750. The van der Waals surface area contributed by atoms with E-state index in [2.05, 4.69) is 10.0 Å². The fourth-order valence-electron chi connectivity index (χ4n) is 0.555. The van der Waals surface area contributed by atoms with Gasteiger partial charge in [0.2, 0.25) is 0 Å². The second-order valence-electron chi connectivity index (χ2n) is 3.53. The SMILES string of the molecule is CCNC(=O)NSC(=O)OC(C)(C)C. The molecule has 5 nitrogen and oxygen atoms in total. The molecule has 0 radical (unpaired) electrons. The maximum Gasteiger partial charge on any atom is 0.388 e. The summed E-state index contributed by atoms with van der Waals surface area (Å²) in [5.41, 5.74) is -0.535. The van der Waals surface area contributed by atoms with Crippen molar-refractivity contribution in [2.45, 2.75) is 33.3 Å². The van der Waals surface area contributed by atoms with Crippen molar-refractivity contribution in [3.8, 4) is 0 Å². The Kier molecular flexibility index (Phi) is 5.37. The van der Waals surface area contributed by atoms with Crippen LogP contribution in [0.25, 0.3) is 0 Å². The number of nitrogens with one attached hydrogen (secondary N) is 2. The van der Waals surface area contributed by atoms with Crippen LogP contribution in [0.15, 0.2) is 0 Å². The van der Waals surface area contributed by atoms with E-state index in [0.717, 1.165) is 0 Å². The van der Waals surface area contributed by atoms with Gasteiger partial charge in [0, 0.05) is 6.54 Å². The van der Waals surface area contributed by atoms with E-state index < -0.39 is 16.9 Å². The maximum atomic E-state index is 11.1. The number of amides is 2. The minimum atomic E-state index is -0.535. The average Bonchev–Trinajstić information content (AvgIpc) is 1.98. The highest BCUT2D eigenvalue weighted by atomic mass is 32.2. The van der Waals surface area contributed by atoms with Crippen molar-refractivity contribution in [3.05, 3.63) is 0 Å². The molecule has 0 bridgehead atoms. The first-order valence-electron chi connectivity index (χ1n) is 4.29. The number of ether oxygens (including phenoxy) is 1. The lowest BCUT2D eigenvalue weighted by atomic mass is 10.2. The molecule has 82 valence electrons. The molecular formula is C8H16N2O3S. The Hall–Kier alpha value is -0.910. The first kappa shape index (κ1) is 13.1. The van der Waals surface area contributed by atoms with Gasteiger partial charge in [-0.3, -0.25) is 4.72 Å². The number of carbonyl (C=O) groups excluding carboxylic acids is 2. The maximum absolute atomic E-state index is 11.1. The molecule has 0 heterocycles. The lowest BCUT2D eigenvalue weighted by Gasteiger charge is -2.18. The second-order valence-corrected chi connectivity index (χ2v) is 4.27. The number of rotatable bonds is 1. The number of carbonyl (C=O) groups is 2. The molecule has 0 aromatic rings. The van der Waals surface area contributed by atoms with E-state index in [-0.39, 0.29) is 0 Å². The van der Waals surface area contributed by atoms with Crippen LogP contribution >= 0.6 is 11.9 Å². The van der Waals surface area contributed by atoms with Gasteiger partial charge in [-0.15, -0.1) is 0 Å². The Labute approximate surface area is 88.1 Å². The highest BCUT2D eigenvalue weighted by Gasteiger charge is 2.17. The Morgan fingerprint density at radius 1 is 1.36 bits per heavy atom. The quantitative estimate of drug-likeness (QED) is 0.523. The van der Waals surface area contributed by atoms with Gasteiger partial charge in [0.15, 0.2) is 0 Å². The van der Waals surface area contributed by atoms with E-state index >= 15 is 0 Å². The first-order valence-corrected chi connectivity index (χ1v) is 5.10. The zero-order valence-corrected chi connectivity index (χ0v) is 9.66. The normalized spacial score (nSPS) is 10.6. The van der Waals surface area contributed by atoms with Crippen molar-refractivity contribution in [2.75, 3.05) is 6.54 Å². The number of hydrogen-bond acceptors (Lipinski definition) is 4. The lowest BCUT2D eigenvalue weighted by molar-refractivity contribution is 0.0736. The lowest BCUT2D eigenvalue weighted by Crippen LogP contribution is -2.32. The standard InChI is InChI=1S/C8H16N2O3S/c1-5-9-6(11)10-14-7(12)13-8(2,3)4/h5H2,1-4H3,(H2,9,10,11). The molecule has 2 N–H and O–H groups in total. The van der Waals surface area contributed by atoms with E-state index in [0.29, 0.717) is 18.5 Å². The van der Waals surface area contributed by atoms with Crippen molar-refractivity contribution < 1.29 is 14.3 Å². The van der Waals surface area contributed by atoms with Gasteiger partial charge < -0.3 is 10.1 Å². The summed E-state index contributed by atoms with van der Waals surface area (Å²) < 4.78 is 7.25. The minimum Gasteiger partial charge on any atom is -0.451 e. The van der Waals surface area contributed by atoms with Crippen LogP contribution < -0.4 is 10.0 Å². The van der Waals surface area contributed by atoms with Crippen LogP contribution in [0.2, 0.25) is 0 Å². The number of urea groups is 1. The zero-order valence-electron chi connectivity index (χ0n) is 8.84. The Bertz CT molecular complexity index is 213. The third-order valence-electron chi connectivity index (χ3n) is 0.954. The third kappa shape index (κ3) is 7.72. The van der Waals surface area contributed by atoms with Crippen molar-refractivity contribution >= 4 is 23.3 Å². The van der Waals surface area contributed by atoms with Gasteiger partial charge in [0.05, 0.1) is 11.9 Å². The fourth-order valence-corrected chi connectivity index (χ4v) is 1.10. The van der Waals surface area contributed by atoms with Crippen LogP contribution in [0.3, 0.4) is 0 Å². The molecule has 0 unspecified atom stereocenters. The van der Waals surface area contributed by atoms with Crippen molar-refractivity contribution in [1.82, 2.24) is 10.0 Å².